The van der Waals surface area contributed by atoms with Gasteiger partial charge in [0.15, 0.2) is 11.5 Å². The maximum atomic E-state index is 11.5. The van der Waals surface area contributed by atoms with Crippen molar-refractivity contribution in [2.45, 2.75) is 6.54 Å². The van der Waals surface area contributed by atoms with E-state index in [0.29, 0.717) is 31.2 Å². The fourth-order valence-corrected chi connectivity index (χ4v) is 2.16. The molecule has 0 unspecified atom stereocenters. The third-order valence-electron chi connectivity index (χ3n) is 2.78. The Hall–Kier alpha value is -1.31. The number of carbonyl (C=O) groups excluding carboxylic acids is 1. The quantitative estimate of drug-likeness (QED) is 0.650. The minimum atomic E-state index is -0.0661. The van der Waals surface area contributed by atoms with Gasteiger partial charge in [-0.1, -0.05) is 15.9 Å². The SMILES string of the molecule is COCCNC(=O)CNCc1cc(OC)c(OC)cc1Br. The van der Waals surface area contributed by atoms with Gasteiger partial charge in [-0.25, -0.2) is 0 Å². The molecule has 0 saturated heterocycles. The molecule has 118 valence electrons. The third kappa shape index (κ3) is 5.91. The number of halogens is 1. The summed E-state index contributed by atoms with van der Waals surface area (Å²) in [6.45, 7) is 1.80. The van der Waals surface area contributed by atoms with E-state index in [-0.39, 0.29) is 12.5 Å². The number of amides is 1. The van der Waals surface area contributed by atoms with Crippen molar-refractivity contribution in [3.63, 3.8) is 0 Å². The fraction of sp³-hybridized carbons (Fsp3) is 0.500. The van der Waals surface area contributed by atoms with Crippen LogP contribution in [0.1, 0.15) is 5.56 Å². The average molecular weight is 361 g/mol. The molecule has 1 amide bonds. The predicted octanol–water partition coefficient (Wildman–Crippen LogP) is 1.32. The lowest BCUT2D eigenvalue weighted by molar-refractivity contribution is -0.120. The van der Waals surface area contributed by atoms with Crippen molar-refractivity contribution in [3.8, 4) is 11.5 Å². The monoisotopic (exact) mass is 360 g/mol. The van der Waals surface area contributed by atoms with Crippen molar-refractivity contribution < 1.29 is 19.0 Å². The topological polar surface area (TPSA) is 68.8 Å². The van der Waals surface area contributed by atoms with Crippen LogP contribution >= 0.6 is 15.9 Å². The number of hydrogen-bond donors (Lipinski definition) is 2. The number of hydrogen-bond acceptors (Lipinski definition) is 5. The van der Waals surface area contributed by atoms with Gasteiger partial charge in [-0.3, -0.25) is 4.79 Å². The summed E-state index contributed by atoms with van der Waals surface area (Å²) in [6.07, 6.45) is 0. The Labute approximate surface area is 133 Å². The van der Waals surface area contributed by atoms with Gasteiger partial charge >= 0.3 is 0 Å². The number of carbonyl (C=O) groups is 1. The molecule has 1 aromatic carbocycles. The molecule has 0 saturated carbocycles. The molecule has 0 aromatic heterocycles. The lowest BCUT2D eigenvalue weighted by Gasteiger charge is -2.12. The highest BCUT2D eigenvalue weighted by Crippen LogP contribution is 2.33. The Bertz CT molecular complexity index is 469. The third-order valence-corrected chi connectivity index (χ3v) is 3.52. The lowest BCUT2D eigenvalue weighted by Crippen LogP contribution is -2.35. The lowest BCUT2D eigenvalue weighted by atomic mass is 10.2. The second kappa shape index (κ2) is 9.59. The molecule has 0 spiro atoms. The Morgan fingerprint density at radius 2 is 1.86 bits per heavy atom. The van der Waals surface area contributed by atoms with Gasteiger partial charge in [0.05, 0.1) is 27.4 Å². The molecule has 0 aliphatic heterocycles. The normalized spacial score (nSPS) is 10.3. The summed E-state index contributed by atoms with van der Waals surface area (Å²) in [6, 6.07) is 3.72. The fourth-order valence-electron chi connectivity index (χ4n) is 1.70. The summed E-state index contributed by atoms with van der Waals surface area (Å²) in [5.74, 6) is 1.25. The van der Waals surface area contributed by atoms with Crippen molar-refractivity contribution in [1.82, 2.24) is 10.6 Å². The first-order valence-corrected chi connectivity index (χ1v) is 7.28. The Morgan fingerprint density at radius 3 is 2.48 bits per heavy atom. The first kappa shape index (κ1) is 17.7. The van der Waals surface area contributed by atoms with Crippen LogP contribution in [0.15, 0.2) is 16.6 Å². The summed E-state index contributed by atoms with van der Waals surface area (Å²) in [4.78, 5) is 11.5. The first-order valence-electron chi connectivity index (χ1n) is 6.49. The predicted molar refractivity (Wildman–Crippen MR) is 83.8 cm³/mol. The van der Waals surface area contributed by atoms with Crippen molar-refractivity contribution in [2.75, 3.05) is 41.0 Å². The Balaban J connectivity index is 2.50. The van der Waals surface area contributed by atoms with E-state index in [0.717, 1.165) is 10.0 Å². The van der Waals surface area contributed by atoms with Crippen molar-refractivity contribution >= 4 is 21.8 Å². The van der Waals surface area contributed by atoms with Crippen molar-refractivity contribution in [3.05, 3.63) is 22.2 Å². The molecule has 0 aliphatic carbocycles. The molecule has 1 rings (SSSR count). The summed E-state index contributed by atoms with van der Waals surface area (Å²) in [5.41, 5.74) is 0.984. The van der Waals surface area contributed by atoms with Crippen LogP contribution in [-0.2, 0) is 16.1 Å². The molecule has 6 nitrogen and oxygen atoms in total. The van der Waals surface area contributed by atoms with Crippen LogP contribution in [0.3, 0.4) is 0 Å². The number of ether oxygens (including phenoxy) is 3. The van der Waals surface area contributed by atoms with Crippen LogP contribution in [0.2, 0.25) is 0 Å². The number of methoxy groups -OCH3 is 3. The maximum Gasteiger partial charge on any atom is 0.234 e. The van der Waals surface area contributed by atoms with E-state index >= 15 is 0 Å². The largest absolute Gasteiger partial charge is 0.493 e. The molecule has 0 radical (unpaired) electrons. The van der Waals surface area contributed by atoms with Crippen molar-refractivity contribution in [1.29, 1.82) is 0 Å². The maximum absolute atomic E-state index is 11.5. The second-order valence-electron chi connectivity index (χ2n) is 4.24. The van der Waals surface area contributed by atoms with E-state index in [2.05, 4.69) is 26.6 Å². The summed E-state index contributed by atoms with van der Waals surface area (Å²) in [7, 11) is 4.78. The van der Waals surface area contributed by atoms with E-state index < -0.39 is 0 Å². The van der Waals surface area contributed by atoms with Gasteiger partial charge in [0.1, 0.15) is 0 Å². The summed E-state index contributed by atoms with van der Waals surface area (Å²) in [5, 5.41) is 5.82. The van der Waals surface area contributed by atoms with Crippen LogP contribution in [0.25, 0.3) is 0 Å². The standard InChI is InChI=1S/C14H21BrN2O4/c1-19-5-4-17-14(18)9-16-8-10-6-12(20-2)13(21-3)7-11(10)15/h6-7,16H,4-5,8-9H2,1-3H3,(H,17,18). The minimum absolute atomic E-state index is 0.0661. The molecule has 0 atom stereocenters. The highest BCUT2D eigenvalue weighted by Gasteiger charge is 2.09. The molecular formula is C14H21BrN2O4. The summed E-state index contributed by atoms with van der Waals surface area (Å²) >= 11 is 3.48. The Kier molecular flexibility index (Phi) is 8.11. The number of rotatable bonds is 9. The van der Waals surface area contributed by atoms with Crippen LogP contribution in [0, 0.1) is 0 Å². The van der Waals surface area contributed by atoms with Crippen LogP contribution in [0.5, 0.6) is 11.5 Å². The van der Waals surface area contributed by atoms with Crippen LogP contribution in [-0.4, -0.2) is 46.9 Å². The van der Waals surface area contributed by atoms with Crippen molar-refractivity contribution in [2.24, 2.45) is 0 Å². The number of nitrogens with one attached hydrogen (secondary N) is 2. The van der Waals surface area contributed by atoms with Gasteiger partial charge in [-0.2, -0.15) is 0 Å². The van der Waals surface area contributed by atoms with Gasteiger partial charge in [0, 0.05) is 24.7 Å². The minimum Gasteiger partial charge on any atom is -0.493 e. The number of benzene rings is 1. The van der Waals surface area contributed by atoms with Crippen LogP contribution in [0.4, 0.5) is 0 Å². The molecular weight excluding hydrogens is 340 g/mol. The zero-order valence-corrected chi connectivity index (χ0v) is 14.1. The van der Waals surface area contributed by atoms with Crippen LogP contribution < -0.4 is 20.1 Å². The highest BCUT2D eigenvalue weighted by molar-refractivity contribution is 9.10. The molecule has 7 heteroatoms. The molecule has 0 fully saturated rings. The van der Waals surface area contributed by atoms with Gasteiger partial charge in [-0.15, -0.1) is 0 Å². The zero-order valence-electron chi connectivity index (χ0n) is 12.5. The summed E-state index contributed by atoms with van der Waals surface area (Å²) < 4.78 is 16.2. The molecule has 0 bridgehead atoms. The molecule has 21 heavy (non-hydrogen) atoms. The van der Waals surface area contributed by atoms with Gasteiger partial charge < -0.3 is 24.8 Å². The average Bonchev–Trinajstić information content (AvgIpc) is 2.48. The van der Waals surface area contributed by atoms with E-state index in [9.17, 15) is 4.79 Å². The van der Waals surface area contributed by atoms with E-state index in [1.807, 2.05) is 12.1 Å². The highest BCUT2D eigenvalue weighted by atomic mass is 79.9. The molecule has 1 aromatic rings. The Morgan fingerprint density at radius 1 is 1.19 bits per heavy atom. The molecule has 0 aliphatic rings. The van der Waals surface area contributed by atoms with E-state index in [1.54, 1.807) is 21.3 Å². The van der Waals surface area contributed by atoms with E-state index in [1.165, 1.54) is 0 Å². The van der Waals surface area contributed by atoms with E-state index in [4.69, 9.17) is 14.2 Å². The van der Waals surface area contributed by atoms with Gasteiger partial charge in [0.25, 0.3) is 0 Å². The van der Waals surface area contributed by atoms with Gasteiger partial charge in [0.2, 0.25) is 5.91 Å². The second-order valence-corrected chi connectivity index (χ2v) is 5.10. The first-order chi connectivity index (χ1) is 10.1. The smallest absolute Gasteiger partial charge is 0.234 e. The molecule has 2 N–H and O–H groups in total. The zero-order chi connectivity index (χ0) is 15.7. The molecule has 0 heterocycles. The van der Waals surface area contributed by atoms with Gasteiger partial charge in [-0.05, 0) is 17.7 Å².